The average molecular weight is 244 g/mol. The molecule has 1 saturated heterocycles. The third-order valence-electron chi connectivity index (χ3n) is 3.49. The van der Waals surface area contributed by atoms with E-state index in [4.69, 9.17) is 0 Å². The van der Waals surface area contributed by atoms with E-state index in [1.807, 2.05) is 31.2 Å². The molecule has 18 heavy (non-hydrogen) atoms. The Kier molecular flexibility index (Phi) is 2.56. The molecule has 5 heteroatoms. The molecule has 2 heterocycles. The Labute approximate surface area is 105 Å². The van der Waals surface area contributed by atoms with Crippen LogP contribution in [0.25, 0.3) is 11.0 Å². The zero-order chi connectivity index (χ0) is 12.6. The van der Waals surface area contributed by atoms with Gasteiger partial charge in [-0.3, -0.25) is 10.1 Å². The molecule has 2 aromatic rings. The smallest absolute Gasteiger partial charge is 0.246 e. The first-order valence-corrected chi connectivity index (χ1v) is 6.19. The van der Waals surface area contributed by atoms with Crippen LogP contribution in [-0.2, 0) is 4.79 Å². The van der Waals surface area contributed by atoms with Crippen molar-refractivity contribution >= 4 is 22.9 Å². The third-order valence-corrected chi connectivity index (χ3v) is 3.49. The molecule has 3 N–H and O–H groups in total. The second-order valence-electron chi connectivity index (χ2n) is 4.92. The van der Waals surface area contributed by atoms with Crippen LogP contribution in [0.3, 0.4) is 0 Å². The lowest BCUT2D eigenvalue weighted by molar-refractivity contribution is -0.121. The minimum absolute atomic E-state index is 0.0287. The zero-order valence-electron chi connectivity index (χ0n) is 10.3. The first-order chi connectivity index (χ1) is 8.67. The highest BCUT2D eigenvalue weighted by molar-refractivity contribution is 5.97. The second kappa shape index (κ2) is 4.10. The van der Waals surface area contributed by atoms with E-state index in [-0.39, 0.29) is 5.91 Å². The van der Waals surface area contributed by atoms with Gasteiger partial charge in [0.15, 0.2) is 0 Å². The number of aromatic nitrogens is 2. The van der Waals surface area contributed by atoms with E-state index in [1.54, 1.807) is 0 Å². The fourth-order valence-corrected chi connectivity index (χ4v) is 2.35. The highest BCUT2D eigenvalue weighted by atomic mass is 16.2. The quantitative estimate of drug-likeness (QED) is 0.752. The minimum atomic E-state index is -0.473. The summed E-state index contributed by atoms with van der Waals surface area (Å²) < 4.78 is 0. The van der Waals surface area contributed by atoms with Crippen molar-refractivity contribution in [2.75, 3.05) is 11.9 Å². The summed E-state index contributed by atoms with van der Waals surface area (Å²) in [5.41, 5.74) is 1.31. The Hall–Kier alpha value is -1.88. The summed E-state index contributed by atoms with van der Waals surface area (Å²) in [5, 5.41) is 6.08. The van der Waals surface area contributed by atoms with Gasteiger partial charge in [0.2, 0.25) is 11.9 Å². The van der Waals surface area contributed by atoms with E-state index in [0.717, 1.165) is 30.4 Å². The number of carbonyl (C=O) groups is 1. The number of carbonyl (C=O) groups excluding carboxylic acids is 1. The molecular formula is C13H16N4O. The SMILES string of the molecule is CC1(C(=O)Nc2nc3ccccc3[nH]2)CCCN1. The number of nitrogens with zero attached hydrogens (tertiary/aromatic N) is 1. The Morgan fingerprint density at radius 1 is 1.44 bits per heavy atom. The standard InChI is InChI=1S/C13H16N4O/c1-13(7-4-8-14-13)11(18)17-12-15-9-5-2-3-6-10(9)16-12/h2-3,5-6,14H,4,7-8H2,1H3,(H2,15,16,17,18). The zero-order valence-corrected chi connectivity index (χ0v) is 10.3. The fraction of sp³-hybridized carbons (Fsp3) is 0.385. The van der Waals surface area contributed by atoms with Crippen molar-refractivity contribution in [3.63, 3.8) is 0 Å². The molecule has 1 aromatic carbocycles. The van der Waals surface area contributed by atoms with Crippen molar-refractivity contribution in [1.82, 2.24) is 15.3 Å². The Bertz CT molecular complexity index is 550. The second-order valence-corrected chi connectivity index (χ2v) is 4.92. The number of fused-ring (bicyclic) bond motifs is 1. The van der Waals surface area contributed by atoms with Crippen molar-refractivity contribution in [3.8, 4) is 0 Å². The lowest BCUT2D eigenvalue weighted by atomic mass is 10.00. The van der Waals surface area contributed by atoms with Crippen LogP contribution in [0.5, 0.6) is 0 Å². The predicted octanol–water partition coefficient (Wildman–Crippen LogP) is 1.64. The van der Waals surface area contributed by atoms with Crippen LogP contribution in [0.2, 0.25) is 0 Å². The van der Waals surface area contributed by atoms with E-state index in [9.17, 15) is 4.79 Å². The normalized spacial score (nSPS) is 23.4. The Morgan fingerprint density at radius 3 is 3.00 bits per heavy atom. The summed E-state index contributed by atoms with van der Waals surface area (Å²) in [6.07, 6.45) is 1.89. The number of aromatic amines is 1. The molecule has 5 nitrogen and oxygen atoms in total. The highest BCUT2D eigenvalue weighted by Gasteiger charge is 2.36. The molecule has 0 saturated carbocycles. The largest absolute Gasteiger partial charge is 0.324 e. The average Bonchev–Trinajstić information content (AvgIpc) is 2.95. The molecule has 94 valence electrons. The summed E-state index contributed by atoms with van der Waals surface area (Å²) in [7, 11) is 0. The molecule has 1 amide bonds. The van der Waals surface area contributed by atoms with Gasteiger partial charge in [0.25, 0.3) is 0 Å². The van der Waals surface area contributed by atoms with Crippen LogP contribution in [-0.4, -0.2) is 28.0 Å². The molecule has 1 fully saturated rings. The van der Waals surface area contributed by atoms with Crippen molar-refractivity contribution in [2.24, 2.45) is 0 Å². The maximum absolute atomic E-state index is 12.2. The van der Waals surface area contributed by atoms with Crippen LogP contribution in [0, 0.1) is 0 Å². The van der Waals surface area contributed by atoms with Gasteiger partial charge in [0, 0.05) is 0 Å². The summed E-state index contributed by atoms with van der Waals surface area (Å²) in [4.78, 5) is 19.6. The lowest BCUT2D eigenvalue weighted by Crippen LogP contribution is -2.48. The van der Waals surface area contributed by atoms with Crippen molar-refractivity contribution in [3.05, 3.63) is 24.3 Å². The van der Waals surface area contributed by atoms with Gasteiger partial charge in [-0.25, -0.2) is 4.98 Å². The monoisotopic (exact) mass is 244 g/mol. The van der Waals surface area contributed by atoms with E-state index in [0.29, 0.717) is 5.95 Å². The summed E-state index contributed by atoms with van der Waals surface area (Å²) in [6, 6.07) is 7.71. The van der Waals surface area contributed by atoms with Crippen molar-refractivity contribution in [1.29, 1.82) is 0 Å². The molecule has 0 aliphatic carbocycles. The maximum atomic E-state index is 12.2. The lowest BCUT2D eigenvalue weighted by Gasteiger charge is -2.22. The van der Waals surface area contributed by atoms with Gasteiger partial charge in [-0.05, 0) is 38.4 Å². The fourth-order valence-electron chi connectivity index (χ4n) is 2.35. The highest BCUT2D eigenvalue weighted by Crippen LogP contribution is 2.21. The van der Waals surface area contributed by atoms with Gasteiger partial charge >= 0.3 is 0 Å². The number of hydrogen-bond acceptors (Lipinski definition) is 3. The van der Waals surface area contributed by atoms with Crippen LogP contribution in [0.15, 0.2) is 24.3 Å². The van der Waals surface area contributed by atoms with Crippen LogP contribution < -0.4 is 10.6 Å². The number of anilines is 1. The number of benzene rings is 1. The Morgan fingerprint density at radius 2 is 2.28 bits per heavy atom. The van der Waals surface area contributed by atoms with E-state index in [2.05, 4.69) is 20.6 Å². The van der Waals surface area contributed by atoms with Gasteiger partial charge in [0.05, 0.1) is 16.6 Å². The van der Waals surface area contributed by atoms with Crippen molar-refractivity contribution in [2.45, 2.75) is 25.3 Å². The first-order valence-electron chi connectivity index (χ1n) is 6.19. The molecule has 1 unspecified atom stereocenters. The van der Waals surface area contributed by atoms with Crippen LogP contribution in [0.4, 0.5) is 5.95 Å². The molecule has 0 bridgehead atoms. The number of para-hydroxylation sites is 2. The van der Waals surface area contributed by atoms with E-state index < -0.39 is 5.54 Å². The number of rotatable bonds is 2. The Balaban J connectivity index is 1.81. The summed E-state index contributed by atoms with van der Waals surface area (Å²) >= 11 is 0. The van der Waals surface area contributed by atoms with Crippen molar-refractivity contribution < 1.29 is 4.79 Å². The van der Waals surface area contributed by atoms with Crippen LogP contribution >= 0.6 is 0 Å². The third kappa shape index (κ3) is 1.86. The van der Waals surface area contributed by atoms with Gasteiger partial charge < -0.3 is 10.3 Å². The maximum Gasteiger partial charge on any atom is 0.246 e. The molecular weight excluding hydrogens is 228 g/mol. The topological polar surface area (TPSA) is 69.8 Å². The van der Waals surface area contributed by atoms with Gasteiger partial charge in [-0.15, -0.1) is 0 Å². The molecule has 3 rings (SSSR count). The summed E-state index contributed by atoms with van der Waals surface area (Å²) in [6.45, 7) is 2.82. The number of imidazole rings is 1. The van der Waals surface area contributed by atoms with E-state index in [1.165, 1.54) is 0 Å². The minimum Gasteiger partial charge on any atom is -0.324 e. The predicted molar refractivity (Wildman–Crippen MR) is 70.4 cm³/mol. The molecule has 0 radical (unpaired) electrons. The molecule has 0 spiro atoms. The number of nitrogens with one attached hydrogen (secondary N) is 3. The van der Waals surface area contributed by atoms with E-state index >= 15 is 0 Å². The van der Waals surface area contributed by atoms with Gasteiger partial charge in [0.1, 0.15) is 0 Å². The first kappa shape index (κ1) is 11.2. The number of amides is 1. The molecule has 1 aliphatic heterocycles. The van der Waals surface area contributed by atoms with Gasteiger partial charge in [-0.2, -0.15) is 0 Å². The molecule has 1 atom stereocenters. The number of hydrogen-bond donors (Lipinski definition) is 3. The van der Waals surface area contributed by atoms with Crippen LogP contribution in [0.1, 0.15) is 19.8 Å². The summed E-state index contributed by atoms with van der Waals surface area (Å²) in [5.74, 6) is 0.482. The number of H-pyrrole nitrogens is 1. The van der Waals surface area contributed by atoms with Gasteiger partial charge in [-0.1, -0.05) is 12.1 Å². The molecule has 1 aromatic heterocycles. The molecule has 1 aliphatic rings.